The van der Waals surface area contributed by atoms with Crippen molar-refractivity contribution in [3.05, 3.63) is 0 Å². The molecule has 4 nitrogen and oxygen atoms in total. The number of ether oxygens (including phenoxy) is 1. The first-order valence-corrected chi connectivity index (χ1v) is 5.50. The van der Waals surface area contributed by atoms with E-state index in [2.05, 4.69) is 9.89 Å². The minimum absolute atomic E-state index is 0.0323. The van der Waals surface area contributed by atoms with Gasteiger partial charge in [0.15, 0.2) is 0 Å². The van der Waals surface area contributed by atoms with Crippen LogP contribution in [0.1, 0.15) is 25.7 Å². The van der Waals surface area contributed by atoms with E-state index in [0.29, 0.717) is 6.02 Å². The Balaban J connectivity index is 1.60. The van der Waals surface area contributed by atoms with E-state index in [9.17, 15) is 0 Å². The maximum absolute atomic E-state index is 5.64. The Kier molecular flexibility index (Phi) is 1.74. The lowest BCUT2D eigenvalue weighted by Gasteiger charge is -2.37. The molecular formula is C10H17N3O. The molecular weight excluding hydrogens is 178 g/mol. The molecule has 1 saturated heterocycles. The van der Waals surface area contributed by atoms with Gasteiger partial charge in [-0.3, -0.25) is 0 Å². The largest absolute Gasteiger partial charge is 0.457 e. The van der Waals surface area contributed by atoms with E-state index < -0.39 is 0 Å². The number of hydrogen-bond donors (Lipinski definition) is 1. The average molecular weight is 195 g/mol. The van der Waals surface area contributed by atoms with Crippen molar-refractivity contribution in [3.8, 4) is 0 Å². The molecule has 3 aliphatic rings. The van der Waals surface area contributed by atoms with Crippen molar-refractivity contribution in [1.82, 2.24) is 4.90 Å². The maximum Gasteiger partial charge on any atom is 0.282 e. The van der Waals surface area contributed by atoms with Gasteiger partial charge >= 0.3 is 0 Å². The van der Waals surface area contributed by atoms with Crippen LogP contribution < -0.4 is 5.73 Å². The number of amidine groups is 1. The van der Waals surface area contributed by atoms with Crippen molar-refractivity contribution in [3.63, 3.8) is 0 Å². The van der Waals surface area contributed by atoms with Gasteiger partial charge in [0.05, 0.1) is 6.54 Å². The Labute approximate surface area is 84.1 Å². The summed E-state index contributed by atoms with van der Waals surface area (Å²) in [5.41, 5.74) is 5.53. The fourth-order valence-electron chi connectivity index (χ4n) is 2.50. The third-order valence-electron chi connectivity index (χ3n) is 3.62. The molecule has 78 valence electrons. The SMILES string of the molecule is NC1=NCC2(CCN(C3CC3)CC2)O1. The number of nitrogens with zero attached hydrogens (tertiary/aromatic N) is 2. The molecule has 0 amide bonds. The molecule has 0 aromatic carbocycles. The number of likely N-dealkylation sites (tertiary alicyclic amines) is 1. The molecule has 0 unspecified atom stereocenters. The molecule has 1 saturated carbocycles. The lowest BCUT2D eigenvalue weighted by molar-refractivity contribution is 0.0114. The van der Waals surface area contributed by atoms with E-state index >= 15 is 0 Å². The molecule has 4 heteroatoms. The third-order valence-corrected chi connectivity index (χ3v) is 3.62. The van der Waals surface area contributed by atoms with E-state index in [4.69, 9.17) is 10.5 Å². The third kappa shape index (κ3) is 1.38. The first-order valence-electron chi connectivity index (χ1n) is 5.50. The molecule has 0 aromatic rings. The number of rotatable bonds is 1. The van der Waals surface area contributed by atoms with Crippen LogP contribution in [-0.2, 0) is 4.74 Å². The van der Waals surface area contributed by atoms with Gasteiger partial charge in [-0.15, -0.1) is 0 Å². The van der Waals surface area contributed by atoms with Crippen LogP contribution in [0.15, 0.2) is 4.99 Å². The van der Waals surface area contributed by atoms with E-state index in [-0.39, 0.29) is 5.60 Å². The van der Waals surface area contributed by atoms with Crippen LogP contribution in [0.3, 0.4) is 0 Å². The standard InChI is InChI=1S/C10H17N3O/c11-9-12-7-10(14-9)3-5-13(6-4-10)8-1-2-8/h8H,1-7H2,(H2,11,12). The number of hydrogen-bond acceptors (Lipinski definition) is 4. The topological polar surface area (TPSA) is 50.8 Å². The summed E-state index contributed by atoms with van der Waals surface area (Å²) in [6.07, 6.45) is 4.97. The van der Waals surface area contributed by atoms with E-state index in [0.717, 1.165) is 38.5 Å². The summed E-state index contributed by atoms with van der Waals surface area (Å²) in [6, 6.07) is 1.27. The number of nitrogens with two attached hydrogens (primary N) is 1. The van der Waals surface area contributed by atoms with Gasteiger partial charge in [-0.25, -0.2) is 4.99 Å². The average Bonchev–Trinajstić information content (AvgIpc) is 2.95. The molecule has 14 heavy (non-hydrogen) atoms. The number of aliphatic imine (C=N–C) groups is 1. The van der Waals surface area contributed by atoms with Crippen molar-refractivity contribution < 1.29 is 4.74 Å². The van der Waals surface area contributed by atoms with Crippen LogP contribution in [0.5, 0.6) is 0 Å². The van der Waals surface area contributed by atoms with Crippen LogP contribution in [0, 0.1) is 0 Å². The zero-order valence-corrected chi connectivity index (χ0v) is 8.41. The van der Waals surface area contributed by atoms with Crippen LogP contribution in [0.25, 0.3) is 0 Å². The lowest BCUT2D eigenvalue weighted by atomic mass is 9.91. The van der Waals surface area contributed by atoms with Crippen LogP contribution >= 0.6 is 0 Å². The first-order chi connectivity index (χ1) is 6.77. The maximum atomic E-state index is 5.64. The zero-order chi connectivity index (χ0) is 9.60. The predicted octanol–water partition coefficient (Wildman–Crippen LogP) is 0.328. The van der Waals surface area contributed by atoms with Crippen LogP contribution in [-0.4, -0.2) is 42.2 Å². The van der Waals surface area contributed by atoms with Crippen molar-refractivity contribution >= 4 is 6.02 Å². The molecule has 2 N–H and O–H groups in total. The summed E-state index contributed by atoms with van der Waals surface area (Å²) in [5, 5.41) is 0. The van der Waals surface area contributed by atoms with Gasteiger partial charge in [0.2, 0.25) is 0 Å². The Hall–Kier alpha value is -0.770. The monoisotopic (exact) mass is 195 g/mol. The summed E-state index contributed by atoms with van der Waals surface area (Å²) < 4.78 is 5.64. The highest BCUT2D eigenvalue weighted by Gasteiger charge is 2.43. The minimum Gasteiger partial charge on any atom is -0.457 e. The summed E-state index contributed by atoms with van der Waals surface area (Å²) in [5.74, 6) is 0. The molecule has 2 heterocycles. The molecule has 0 atom stereocenters. The Bertz CT molecular complexity index is 265. The fourth-order valence-corrected chi connectivity index (χ4v) is 2.50. The van der Waals surface area contributed by atoms with Gasteiger partial charge in [-0.2, -0.15) is 0 Å². The van der Waals surface area contributed by atoms with Crippen LogP contribution in [0.4, 0.5) is 0 Å². The molecule has 1 aliphatic carbocycles. The molecule has 0 bridgehead atoms. The molecule has 0 aromatic heterocycles. The minimum atomic E-state index is -0.0323. The van der Waals surface area contributed by atoms with Gasteiger partial charge in [-0.1, -0.05) is 0 Å². The van der Waals surface area contributed by atoms with Crippen molar-refractivity contribution in [2.75, 3.05) is 19.6 Å². The smallest absolute Gasteiger partial charge is 0.282 e. The van der Waals surface area contributed by atoms with E-state index in [1.54, 1.807) is 0 Å². The molecule has 2 fully saturated rings. The number of piperidine rings is 1. The second kappa shape index (κ2) is 2.86. The van der Waals surface area contributed by atoms with E-state index in [1.165, 1.54) is 12.8 Å². The molecule has 2 aliphatic heterocycles. The summed E-state index contributed by atoms with van der Waals surface area (Å²) in [4.78, 5) is 6.74. The van der Waals surface area contributed by atoms with Gasteiger partial charge in [0.1, 0.15) is 5.60 Å². The predicted molar refractivity (Wildman–Crippen MR) is 54.1 cm³/mol. The first kappa shape index (κ1) is 8.53. The van der Waals surface area contributed by atoms with Gasteiger partial charge in [0.25, 0.3) is 6.02 Å². The Morgan fingerprint density at radius 1 is 1.36 bits per heavy atom. The van der Waals surface area contributed by atoms with Gasteiger partial charge < -0.3 is 15.4 Å². The van der Waals surface area contributed by atoms with E-state index in [1.807, 2.05) is 0 Å². The zero-order valence-electron chi connectivity index (χ0n) is 8.41. The van der Waals surface area contributed by atoms with Crippen molar-refractivity contribution in [1.29, 1.82) is 0 Å². The lowest BCUT2D eigenvalue weighted by Crippen LogP contribution is -2.47. The van der Waals surface area contributed by atoms with Crippen LogP contribution in [0.2, 0.25) is 0 Å². The summed E-state index contributed by atoms with van der Waals surface area (Å²) in [6.45, 7) is 3.10. The summed E-state index contributed by atoms with van der Waals surface area (Å²) in [7, 11) is 0. The Morgan fingerprint density at radius 2 is 2.07 bits per heavy atom. The highest BCUT2D eigenvalue weighted by atomic mass is 16.5. The van der Waals surface area contributed by atoms with Crippen molar-refractivity contribution in [2.24, 2.45) is 10.7 Å². The van der Waals surface area contributed by atoms with Crippen molar-refractivity contribution in [2.45, 2.75) is 37.3 Å². The normalized spacial score (nSPS) is 31.6. The Morgan fingerprint density at radius 3 is 2.57 bits per heavy atom. The molecule has 1 spiro atoms. The molecule has 0 radical (unpaired) electrons. The summed E-state index contributed by atoms with van der Waals surface area (Å²) >= 11 is 0. The quantitative estimate of drug-likeness (QED) is 0.656. The second-order valence-electron chi connectivity index (χ2n) is 4.71. The highest BCUT2D eigenvalue weighted by molar-refractivity contribution is 5.73. The van der Waals surface area contributed by atoms with Gasteiger partial charge in [0, 0.05) is 32.0 Å². The molecule has 3 rings (SSSR count). The highest BCUT2D eigenvalue weighted by Crippen LogP contribution is 2.35. The fraction of sp³-hybridized carbons (Fsp3) is 0.900. The van der Waals surface area contributed by atoms with Gasteiger partial charge in [-0.05, 0) is 12.8 Å². The second-order valence-corrected chi connectivity index (χ2v) is 4.71.